The van der Waals surface area contributed by atoms with Gasteiger partial charge in [-0.05, 0) is 25.2 Å². The van der Waals surface area contributed by atoms with Gasteiger partial charge < -0.3 is 4.74 Å². The summed E-state index contributed by atoms with van der Waals surface area (Å²) in [5.41, 5.74) is 0.914. The van der Waals surface area contributed by atoms with Crippen molar-refractivity contribution in [1.29, 1.82) is 5.26 Å². The van der Waals surface area contributed by atoms with E-state index < -0.39 is 0 Å². The second-order valence-corrected chi connectivity index (χ2v) is 4.44. The van der Waals surface area contributed by atoms with Gasteiger partial charge in [0.2, 0.25) is 0 Å². The monoisotopic (exact) mass is 266 g/mol. The van der Waals surface area contributed by atoms with Crippen LogP contribution >= 0.6 is 11.6 Å². The molecule has 1 aromatic carbocycles. The van der Waals surface area contributed by atoms with Crippen LogP contribution in [0.15, 0.2) is 18.2 Å². The lowest BCUT2D eigenvalue weighted by Crippen LogP contribution is -2.25. The molecule has 1 rings (SSSR count). The maximum absolute atomic E-state index is 11.3. The molecule has 0 aromatic heterocycles. The molecule has 0 aliphatic carbocycles. The second-order valence-electron chi connectivity index (χ2n) is 4.00. The van der Waals surface area contributed by atoms with E-state index in [0.29, 0.717) is 11.6 Å². The van der Waals surface area contributed by atoms with Gasteiger partial charge in [0, 0.05) is 17.1 Å². The number of benzene rings is 1. The quantitative estimate of drug-likeness (QED) is 0.793. The molecule has 0 unspecified atom stereocenters. The zero-order valence-corrected chi connectivity index (χ0v) is 11.2. The Morgan fingerprint density at radius 1 is 1.56 bits per heavy atom. The van der Waals surface area contributed by atoms with Crippen molar-refractivity contribution in [1.82, 2.24) is 4.90 Å². The van der Waals surface area contributed by atoms with E-state index in [4.69, 9.17) is 21.6 Å². The average Bonchev–Trinajstić information content (AvgIpc) is 2.29. The van der Waals surface area contributed by atoms with Crippen LogP contribution < -0.4 is 4.74 Å². The van der Waals surface area contributed by atoms with Gasteiger partial charge in [0.15, 0.2) is 5.78 Å². The Balaban J connectivity index is 2.69. The van der Waals surface area contributed by atoms with Crippen molar-refractivity contribution in [3.63, 3.8) is 0 Å². The first-order valence-electron chi connectivity index (χ1n) is 5.46. The molecule has 0 bridgehead atoms. The summed E-state index contributed by atoms with van der Waals surface area (Å²) in [4.78, 5) is 13.2. The molecule has 0 heterocycles. The molecular formula is C13H15ClN2O2. The lowest BCUT2D eigenvalue weighted by molar-refractivity contribution is -0.119. The minimum atomic E-state index is -0.0963. The number of methoxy groups -OCH3 is 1. The summed E-state index contributed by atoms with van der Waals surface area (Å²) in [5, 5.41) is 9.06. The third kappa shape index (κ3) is 4.36. The number of Topliss-reactive ketones (excluding diaryl/α,β-unsaturated/α-hetero) is 1. The van der Waals surface area contributed by atoms with E-state index in [0.717, 1.165) is 11.3 Å². The summed E-state index contributed by atoms with van der Waals surface area (Å²) in [7, 11) is 3.41. The molecule has 0 aliphatic heterocycles. The lowest BCUT2D eigenvalue weighted by atomic mass is 10.2. The van der Waals surface area contributed by atoms with Crippen LogP contribution in [0, 0.1) is 11.3 Å². The molecule has 0 saturated heterocycles. The Labute approximate surface area is 112 Å². The smallest absolute Gasteiger partial charge is 0.160 e. The Bertz CT molecular complexity index is 469. The molecule has 0 aliphatic rings. The van der Waals surface area contributed by atoms with Crippen molar-refractivity contribution in [3.8, 4) is 11.8 Å². The Hall–Kier alpha value is -1.57. The Morgan fingerprint density at radius 2 is 2.28 bits per heavy atom. The highest BCUT2D eigenvalue weighted by atomic mass is 35.5. The molecule has 0 N–H and O–H groups in total. The zero-order valence-electron chi connectivity index (χ0n) is 10.4. The summed E-state index contributed by atoms with van der Waals surface area (Å²) in [6.45, 7) is 0.782. The van der Waals surface area contributed by atoms with Gasteiger partial charge in [-0.1, -0.05) is 11.6 Å². The van der Waals surface area contributed by atoms with Crippen molar-refractivity contribution in [2.24, 2.45) is 0 Å². The van der Waals surface area contributed by atoms with Crippen molar-refractivity contribution in [2.45, 2.75) is 13.0 Å². The normalized spacial score (nSPS) is 10.2. The minimum absolute atomic E-state index is 0.0585. The minimum Gasteiger partial charge on any atom is -0.496 e. The number of hydrogen-bond donors (Lipinski definition) is 0. The number of carbonyl (C=O) groups is 1. The highest BCUT2D eigenvalue weighted by Gasteiger charge is 2.10. The number of hydrogen-bond acceptors (Lipinski definition) is 4. The molecule has 1 aromatic rings. The molecule has 0 spiro atoms. The van der Waals surface area contributed by atoms with Crippen LogP contribution in [0.3, 0.4) is 0 Å². The predicted molar refractivity (Wildman–Crippen MR) is 69.6 cm³/mol. The van der Waals surface area contributed by atoms with Crippen LogP contribution in [0.5, 0.6) is 5.75 Å². The topological polar surface area (TPSA) is 53.3 Å². The van der Waals surface area contributed by atoms with Gasteiger partial charge in [-0.15, -0.1) is 0 Å². The molecule has 4 nitrogen and oxygen atoms in total. The first kappa shape index (κ1) is 14.5. The lowest BCUT2D eigenvalue weighted by Gasteiger charge is -2.17. The van der Waals surface area contributed by atoms with Gasteiger partial charge in [-0.2, -0.15) is 5.26 Å². The molecule has 18 heavy (non-hydrogen) atoms. The van der Waals surface area contributed by atoms with E-state index in [1.54, 1.807) is 19.2 Å². The van der Waals surface area contributed by atoms with Crippen molar-refractivity contribution < 1.29 is 9.53 Å². The van der Waals surface area contributed by atoms with E-state index in [1.165, 1.54) is 0 Å². The van der Waals surface area contributed by atoms with E-state index in [2.05, 4.69) is 0 Å². The molecular weight excluding hydrogens is 252 g/mol. The number of halogens is 1. The fourth-order valence-corrected chi connectivity index (χ4v) is 1.86. The number of nitriles is 1. The van der Waals surface area contributed by atoms with E-state index in [1.807, 2.05) is 24.1 Å². The van der Waals surface area contributed by atoms with Gasteiger partial charge in [0.25, 0.3) is 0 Å². The number of nitrogens with zero attached hydrogens (tertiary/aromatic N) is 2. The Kier molecular flexibility index (Phi) is 5.63. The van der Waals surface area contributed by atoms with Gasteiger partial charge in [0.05, 0.1) is 26.1 Å². The van der Waals surface area contributed by atoms with Crippen LogP contribution in [0.1, 0.15) is 12.0 Å². The van der Waals surface area contributed by atoms with Crippen LogP contribution in [0.2, 0.25) is 5.02 Å². The molecule has 0 saturated carbocycles. The highest BCUT2D eigenvalue weighted by molar-refractivity contribution is 6.30. The highest BCUT2D eigenvalue weighted by Crippen LogP contribution is 2.23. The number of ketones is 1. The summed E-state index contributed by atoms with van der Waals surface area (Å²) in [6, 6.07) is 7.21. The summed E-state index contributed by atoms with van der Waals surface area (Å²) < 4.78 is 5.23. The molecule has 0 fully saturated rings. The molecule has 5 heteroatoms. The van der Waals surface area contributed by atoms with Crippen molar-refractivity contribution in [3.05, 3.63) is 28.8 Å². The van der Waals surface area contributed by atoms with Gasteiger partial charge in [0.1, 0.15) is 5.75 Å². The van der Waals surface area contributed by atoms with E-state index in [9.17, 15) is 4.79 Å². The number of carbonyl (C=O) groups excluding carboxylic acids is 1. The molecule has 0 atom stereocenters. The summed E-state index contributed by atoms with van der Waals surface area (Å²) in [5.74, 6) is 0.639. The van der Waals surface area contributed by atoms with Crippen LogP contribution in [0.25, 0.3) is 0 Å². The maximum Gasteiger partial charge on any atom is 0.160 e. The first-order valence-corrected chi connectivity index (χ1v) is 5.84. The maximum atomic E-state index is 11.3. The number of ether oxygens (including phenoxy) is 1. The fraction of sp³-hybridized carbons (Fsp3) is 0.385. The summed E-state index contributed by atoms with van der Waals surface area (Å²) >= 11 is 5.93. The SMILES string of the molecule is COc1ccc(Cl)cc1CN(C)CC(=O)CC#N. The predicted octanol–water partition coefficient (Wildman–Crippen LogP) is 2.26. The molecule has 96 valence electrons. The third-order valence-corrected chi connectivity index (χ3v) is 2.64. The van der Waals surface area contributed by atoms with Gasteiger partial charge in [-0.25, -0.2) is 0 Å². The molecule has 0 amide bonds. The van der Waals surface area contributed by atoms with Crippen LogP contribution in [0.4, 0.5) is 0 Å². The zero-order chi connectivity index (χ0) is 13.5. The number of likely N-dealkylation sites (N-methyl/N-ethyl adjacent to an activating group) is 1. The first-order chi connectivity index (χ1) is 8.56. The standard InChI is InChI=1S/C13H15ClN2O2/c1-16(9-12(17)5-6-15)8-10-7-11(14)3-4-13(10)18-2/h3-4,7H,5,8-9H2,1-2H3. The third-order valence-electron chi connectivity index (χ3n) is 2.41. The average molecular weight is 267 g/mol. The van der Waals surface area contributed by atoms with Gasteiger partial charge in [-0.3, -0.25) is 9.69 Å². The summed E-state index contributed by atoms with van der Waals surface area (Å²) in [6.07, 6.45) is -0.0585. The van der Waals surface area contributed by atoms with Gasteiger partial charge >= 0.3 is 0 Å². The van der Waals surface area contributed by atoms with Crippen LogP contribution in [-0.2, 0) is 11.3 Å². The molecule has 0 radical (unpaired) electrons. The van der Waals surface area contributed by atoms with Crippen molar-refractivity contribution in [2.75, 3.05) is 20.7 Å². The van der Waals surface area contributed by atoms with E-state index in [-0.39, 0.29) is 18.7 Å². The largest absolute Gasteiger partial charge is 0.496 e. The Morgan fingerprint density at radius 3 is 2.89 bits per heavy atom. The fourth-order valence-electron chi connectivity index (χ4n) is 1.66. The van der Waals surface area contributed by atoms with Crippen molar-refractivity contribution >= 4 is 17.4 Å². The van der Waals surface area contributed by atoms with E-state index >= 15 is 0 Å². The second kappa shape index (κ2) is 7.00. The number of rotatable bonds is 6. The van der Waals surface area contributed by atoms with Crippen LogP contribution in [-0.4, -0.2) is 31.4 Å².